The number of benzene rings is 4. The van der Waals surface area contributed by atoms with Crippen molar-refractivity contribution in [3.63, 3.8) is 0 Å². The average Bonchev–Trinajstić information content (AvgIpc) is 3.04. The molecule has 5 rings (SSSR count). The molecule has 0 bridgehead atoms. The highest BCUT2D eigenvalue weighted by molar-refractivity contribution is 5.99. The third-order valence-corrected chi connectivity index (χ3v) is 5.40. The highest BCUT2D eigenvalue weighted by Gasteiger charge is 2.19. The molecule has 0 saturated heterocycles. The largest absolute Gasteiger partial charge is 0.422 e. The molecule has 0 aliphatic rings. The summed E-state index contributed by atoms with van der Waals surface area (Å²) < 4.78 is 4.13. The Morgan fingerprint density at radius 3 is 2.33 bits per heavy atom. The summed E-state index contributed by atoms with van der Waals surface area (Å²) >= 11 is 0. The molecule has 0 unspecified atom stereocenters. The first-order chi connectivity index (χ1) is 14.7. The molecule has 5 nitrogen and oxygen atoms in total. The van der Waals surface area contributed by atoms with Crippen molar-refractivity contribution in [2.45, 2.75) is 0 Å². The minimum Gasteiger partial charge on any atom is -0.354 e. The van der Waals surface area contributed by atoms with Gasteiger partial charge in [0.2, 0.25) is 0 Å². The summed E-state index contributed by atoms with van der Waals surface area (Å²) in [5, 5.41) is 15.1. The standard InChI is InChI=1S/C25H21N5/c1-29-22-14-8-9-15-23(22)30(2)25(29)28-27-24-20-13-7-6-10-18(20)16-17-21(24)26-19-11-4-3-5-12-19/h3-17H,1-2H3/p+1. The van der Waals surface area contributed by atoms with Gasteiger partial charge in [-0.15, -0.1) is 0 Å². The maximum Gasteiger partial charge on any atom is 0.422 e. The van der Waals surface area contributed by atoms with E-state index in [1.165, 1.54) is 0 Å². The molecule has 0 radical (unpaired) electrons. The number of aryl methyl sites for hydroxylation is 2. The minimum absolute atomic E-state index is 0.787. The van der Waals surface area contributed by atoms with Crippen molar-refractivity contribution in [1.29, 1.82) is 0 Å². The van der Waals surface area contributed by atoms with E-state index in [1.54, 1.807) is 0 Å². The van der Waals surface area contributed by atoms with Gasteiger partial charge in [0, 0.05) is 16.2 Å². The zero-order valence-corrected chi connectivity index (χ0v) is 16.9. The van der Waals surface area contributed by atoms with E-state index in [9.17, 15) is 0 Å². The second kappa shape index (κ2) is 7.44. The van der Waals surface area contributed by atoms with Gasteiger partial charge in [0.25, 0.3) is 0 Å². The molecule has 0 spiro atoms. The molecular weight excluding hydrogens is 370 g/mol. The van der Waals surface area contributed by atoms with Crippen molar-refractivity contribution in [2.75, 3.05) is 5.32 Å². The SMILES string of the molecule is Cn1c(N=Nc2c(Nc3ccccc3)ccc3ccccc23)[n+](C)c2ccccc21. The van der Waals surface area contributed by atoms with Crippen LogP contribution in [0.3, 0.4) is 0 Å². The highest BCUT2D eigenvalue weighted by atomic mass is 15.3. The van der Waals surface area contributed by atoms with Crippen molar-refractivity contribution in [3.8, 4) is 0 Å². The van der Waals surface area contributed by atoms with Gasteiger partial charge in [0.05, 0.1) is 19.8 Å². The number of nitrogens with one attached hydrogen (secondary N) is 1. The summed E-state index contributed by atoms with van der Waals surface area (Å²) in [6.45, 7) is 0. The molecular formula is C25H22N5+. The quantitative estimate of drug-likeness (QED) is 0.282. The predicted molar refractivity (Wildman–Crippen MR) is 122 cm³/mol. The zero-order valence-electron chi connectivity index (χ0n) is 16.9. The summed E-state index contributed by atoms with van der Waals surface area (Å²) in [6, 6.07) is 30.8. The van der Waals surface area contributed by atoms with E-state index in [0.717, 1.165) is 44.8 Å². The van der Waals surface area contributed by atoms with Gasteiger partial charge < -0.3 is 5.32 Å². The molecule has 1 N–H and O–H groups in total. The number of imidazole rings is 1. The van der Waals surface area contributed by atoms with Crippen LogP contribution < -0.4 is 9.88 Å². The zero-order chi connectivity index (χ0) is 20.5. The molecule has 0 saturated carbocycles. The molecule has 1 heterocycles. The van der Waals surface area contributed by atoms with Crippen LogP contribution in [0.25, 0.3) is 21.8 Å². The maximum absolute atomic E-state index is 4.74. The number of azo groups is 1. The number of hydrogen-bond donors (Lipinski definition) is 1. The fourth-order valence-electron chi connectivity index (χ4n) is 3.84. The number of aromatic nitrogens is 2. The summed E-state index contributed by atoms with van der Waals surface area (Å²) in [4.78, 5) is 0. The van der Waals surface area contributed by atoms with Crippen molar-refractivity contribution in [3.05, 3.63) is 91.0 Å². The third kappa shape index (κ3) is 3.10. The first-order valence-electron chi connectivity index (χ1n) is 9.91. The highest BCUT2D eigenvalue weighted by Crippen LogP contribution is 2.36. The van der Waals surface area contributed by atoms with Crippen LogP contribution in [-0.4, -0.2) is 4.57 Å². The molecule has 0 aliphatic carbocycles. The van der Waals surface area contributed by atoms with E-state index < -0.39 is 0 Å². The van der Waals surface area contributed by atoms with Gasteiger partial charge in [0.15, 0.2) is 0 Å². The van der Waals surface area contributed by atoms with Gasteiger partial charge in [-0.25, -0.2) is 9.13 Å². The Kier molecular flexibility index (Phi) is 4.48. The Labute approximate surface area is 174 Å². The van der Waals surface area contributed by atoms with Crippen LogP contribution in [0.4, 0.5) is 23.0 Å². The van der Waals surface area contributed by atoms with Gasteiger partial charge in [-0.05, 0) is 35.7 Å². The normalized spacial score (nSPS) is 11.5. The summed E-state index contributed by atoms with van der Waals surface area (Å²) in [5.41, 5.74) is 5.00. The first kappa shape index (κ1) is 18.1. The number of hydrogen-bond acceptors (Lipinski definition) is 3. The Hall–Kier alpha value is -3.99. The third-order valence-electron chi connectivity index (χ3n) is 5.40. The predicted octanol–water partition coefficient (Wildman–Crippen LogP) is 6.32. The second-order valence-corrected chi connectivity index (χ2v) is 7.28. The lowest BCUT2D eigenvalue weighted by molar-refractivity contribution is -0.632. The lowest BCUT2D eigenvalue weighted by atomic mass is 10.1. The molecule has 5 aromatic rings. The van der Waals surface area contributed by atoms with Crippen LogP contribution >= 0.6 is 0 Å². The fourth-order valence-corrected chi connectivity index (χ4v) is 3.84. The molecule has 0 fully saturated rings. The average molecular weight is 392 g/mol. The van der Waals surface area contributed by atoms with Crippen LogP contribution in [0, 0.1) is 0 Å². The minimum atomic E-state index is 0.787. The van der Waals surface area contributed by atoms with Crippen molar-refractivity contribution in [1.82, 2.24) is 4.57 Å². The lowest BCUT2D eigenvalue weighted by Gasteiger charge is -2.10. The number of anilines is 2. The first-order valence-corrected chi connectivity index (χ1v) is 9.91. The number of rotatable bonds is 4. The van der Waals surface area contributed by atoms with Gasteiger partial charge in [-0.3, -0.25) is 0 Å². The topological polar surface area (TPSA) is 45.6 Å². The van der Waals surface area contributed by atoms with E-state index >= 15 is 0 Å². The molecule has 30 heavy (non-hydrogen) atoms. The number of para-hydroxylation sites is 3. The Morgan fingerprint density at radius 1 is 0.767 bits per heavy atom. The van der Waals surface area contributed by atoms with Crippen molar-refractivity contribution >= 4 is 44.8 Å². The number of nitrogens with zero attached hydrogens (tertiary/aromatic N) is 4. The van der Waals surface area contributed by atoms with Gasteiger partial charge >= 0.3 is 5.95 Å². The molecule has 4 aromatic carbocycles. The summed E-state index contributed by atoms with van der Waals surface area (Å²) in [6.07, 6.45) is 0. The molecule has 146 valence electrons. The van der Waals surface area contributed by atoms with E-state index in [0.29, 0.717) is 0 Å². The summed E-state index contributed by atoms with van der Waals surface area (Å²) in [7, 11) is 4.03. The van der Waals surface area contributed by atoms with Crippen LogP contribution in [-0.2, 0) is 14.1 Å². The maximum atomic E-state index is 4.74. The second-order valence-electron chi connectivity index (χ2n) is 7.28. The molecule has 0 amide bonds. The van der Waals surface area contributed by atoms with E-state index in [-0.39, 0.29) is 0 Å². The number of fused-ring (bicyclic) bond motifs is 2. The smallest absolute Gasteiger partial charge is 0.354 e. The van der Waals surface area contributed by atoms with Gasteiger partial charge in [0.1, 0.15) is 16.7 Å². The van der Waals surface area contributed by atoms with Crippen LogP contribution in [0.1, 0.15) is 0 Å². The van der Waals surface area contributed by atoms with E-state index in [1.807, 2.05) is 68.7 Å². The van der Waals surface area contributed by atoms with Crippen LogP contribution in [0.15, 0.2) is 101 Å². The van der Waals surface area contributed by atoms with E-state index in [4.69, 9.17) is 5.11 Å². The fraction of sp³-hybridized carbons (Fsp3) is 0.0800. The van der Waals surface area contributed by atoms with Crippen LogP contribution in [0.2, 0.25) is 0 Å². The molecule has 1 aromatic heterocycles. The van der Waals surface area contributed by atoms with Gasteiger partial charge in [-0.1, -0.05) is 65.8 Å². The molecule has 0 aliphatic heterocycles. The molecule has 0 atom stereocenters. The Bertz CT molecular complexity index is 1340. The monoisotopic (exact) mass is 392 g/mol. The lowest BCUT2D eigenvalue weighted by Crippen LogP contribution is -2.26. The molecule has 5 heteroatoms. The van der Waals surface area contributed by atoms with E-state index in [2.05, 4.69) is 56.0 Å². The Balaban J connectivity index is 1.65. The van der Waals surface area contributed by atoms with Crippen molar-refractivity contribution in [2.24, 2.45) is 24.3 Å². The summed E-state index contributed by atoms with van der Waals surface area (Å²) in [5.74, 6) is 0.787. The van der Waals surface area contributed by atoms with Crippen molar-refractivity contribution < 1.29 is 4.57 Å². The Morgan fingerprint density at radius 2 is 1.50 bits per heavy atom. The van der Waals surface area contributed by atoms with Crippen LogP contribution in [0.5, 0.6) is 0 Å². The van der Waals surface area contributed by atoms with Gasteiger partial charge in [-0.2, -0.15) is 0 Å².